The first-order valence-corrected chi connectivity index (χ1v) is 16.9. The van der Waals surface area contributed by atoms with Crippen molar-refractivity contribution in [3.63, 3.8) is 0 Å². The summed E-state index contributed by atoms with van der Waals surface area (Å²) < 4.78 is 69.0. The van der Waals surface area contributed by atoms with E-state index in [2.05, 4.69) is 0 Å². The van der Waals surface area contributed by atoms with Gasteiger partial charge in [-0.15, -0.1) is 0 Å². The van der Waals surface area contributed by atoms with E-state index in [9.17, 15) is 19.2 Å². The van der Waals surface area contributed by atoms with E-state index in [0.717, 1.165) is 0 Å². The van der Waals surface area contributed by atoms with Gasteiger partial charge >= 0.3 is 17.9 Å². The minimum Gasteiger partial charge on any atom is -0.476 e. The Labute approximate surface area is 294 Å². The lowest BCUT2D eigenvalue weighted by molar-refractivity contribution is -0.151. The maximum atomic E-state index is 11.4. The van der Waals surface area contributed by atoms with Gasteiger partial charge in [0.05, 0.1) is 165 Å². The van der Waals surface area contributed by atoms with Crippen LogP contribution in [0.25, 0.3) is 0 Å². The smallest absolute Gasteiger partial charge is 0.372 e. The van der Waals surface area contributed by atoms with Gasteiger partial charge in [-0.3, -0.25) is 14.4 Å². The van der Waals surface area contributed by atoms with Crippen molar-refractivity contribution in [2.24, 2.45) is 0 Å². The third-order valence-electron chi connectivity index (χ3n) is 5.76. The van der Waals surface area contributed by atoms with Crippen molar-refractivity contribution in [2.45, 2.75) is 26.2 Å². The van der Waals surface area contributed by atoms with Gasteiger partial charge in [0.15, 0.2) is 0 Å². The molecule has 18 heteroatoms. The summed E-state index contributed by atoms with van der Waals surface area (Å²) in [4.78, 5) is 43.8. The number of hydrogen-bond donors (Lipinski definition) is 1. The van der Waals surface area contributed by atoms with Crippen molar-refractivity contribution in [3.05, 3.63) is 0 Å². The molecule has 0 aliphatic carbocycles. The highest BCUT2D eigenvalue weighted by Crippen LogP contribution is 1.95. The first-order valence-electron chi connectivity index (χ1n) is 16.9. The van der Waals surface area contributed by atoms with Crippen molar-refractivity contribution in [3.8, 4) is 0 Å². The summed E-state index contributed by atoms with van der Waals surface area (Å²) in [5.41, 5.74) is 0. The normalized spacial score (nSPS) is 11.1. The number of esters is 2. The summed E-state index contributed by atoms with van der Waals surface area (Å²) in [5, 5.41) is 8.44. The number of hydrogen-bond acceptors (Lipinski definition) is 17. The van der Waals surface area contributed by atoms with Gasteiger partial charge in [0.2, 0.25) is 5.78 Å². The molecule has 50 heavy (non-hydrogen) atoms. The number of carboxylic acids is 1. The van der Waals surface area contributed by atoms with E-state index in [1.807, 2.05) is 0 Å². The van der Waals surface area contributed by atoms with Gasteiger partial charge in [-0.1, -0.05) is 0 Å². The van der Waals surface area contributed by atoms with E-state index >= 15 is 0 Å². The number of carbonyl (C=O) groups excluding carboxylic acids is 3. The Balaban J connectivity index is 3.13. The monoisotopic (exact) mass is 730 g/mol. The van der Waals surface area contributed by atoms with Gasteiger partial charge in [-0.2, -0.15) is 0 Å². The molecule has 0 heterocycles. The largest absolute Gasteiger partial charge is 0.476 e. The molecule has 0 saturated carbocycles. The van der Waals surface area contributed by atoms with Crippen LogP contribution in [-0.4, -0.2) is 187 Å². The van der Waals surface area contributed by atoms with E-state index in [4.69, 9.17) is 66.7 Å². The van der Waals surface area contributed by atoms with Crippen molar-refractivity contribution in [1.82, 2.24) is 0 Å². The predicted octanol–water partition coefficient (Wildman–Crippen LogP) is 0.0993. The number of ketones is 1. The summed E-state index contributed by atoms with van der Waals surface area (Å²) in [6, 6.07) is 0. The van der Waals surface area contributed by atoms with Gasteiger partial charge < -0.3 is 66.7 Å². The number of rotatable bonds is 41. The maximum absolute atomic E-state index is 11.4. The molecule has 0 bridgehead atoms. The second-order valence-electron chi connectivity index (χ2n) is 9.74. The topological polar surface area (TPSA) is 208 Å². The minimum atomic E-state index is -1.57. The molecule has 0 aromatic heterocycles. The molecule has 0 rings (SSSR count). The molecule has 0 aliphatic heterocycles. The molecular weight excluding hydrogens is 672 g/mol. The molecule has 0 fully saturated rings. The van der Waals surface area contributed by atoms with Crippen LogP contribution in [0.15, 0.2) is 0 Å². The molecule has 294 valence electrons. The van der Waals surface area contributed by atoms with Crippen molar-refractivity contribution >= 4 is 23.7 Å². The average Bonchev–Trinajstić information content (AvgIpc) is 3.10. The Morgan fingerprint density at radius 2 is 0.600 bits per heavy atom. The molecule has 0 spiro atoms. The SMILES string of the molecule is CCOC(=O)CCOCCOCCOCCOCCOCCOCCOCCOCCOCCOCCOCCOC(=O)CCC(=O)C(=O)O. The minimum absolute atomic E-state index is 0.00904. The molecule has 0 aromatic carbocycles. The number of ether oxygens (including phenoxy) is 13. The second kappa shape index (κ2) is 39.4. The van der Waals surface area contributed by atoms with Crippen LogP contribution in [-0.2, 0) is 80.8 Å². The predicted molar refractivity (Wildman–Crippen MR) is 173 cm³/mol. The zero-order chi connectivity index (χ0) is 36.6. The summed E-state index contributed by atoms with van der Waals surface area (Å²) in [5.74, 6) is -3.51. The molecule has 0 aromatic rings. The fourth-order valence-corrected chi connectivity index (χ4v) is 3.30. The molecule has 18 nitrogen and oxygen atoms in total. The van der Waals surface area contributed by atoms with Crippen LogP contribution < -0.4 is 0 Å². The quantitative estimate of drug-likeness (QED) is 0.0502. The van der Waals surface area contributed by atoms with E-state index in [-0.39, 0.29) is 38.4 Å². The molecule has 0 unspecified atom stereocenters. The van der Waals surface area contributed by atoms with Crippen LogP contribution in [0.4, 0.5) is 0 Å². The fraction of sp³-hybridized carbons (Fsp3) is 0.875. The molecule has 0 amide bonds. The van der Waals surface area contributed by atoms with Crippen LogP contribution in [0, 0.1) is 0 Å². The Kier molecular flexibility index (Phi) is 37.6. The highest BCUT2D eigenvalue weighted by atomic mass is 16.6. The summed E-state index contributed by atoms with van der Waals surface area (Å²) in [6.07, 6.45) is -0.424. The first kappa shape index (κ1) is 47.6. The standard InChI is InChI=1S/C32H58O18/c1-2-49-31(35)5-6-38-7-8-39-9-10-40-11-12-41-13-14-42-15-16-43-17-18-44-19-20-45-21-22-46-23-24-47-25-26-48-27-28-50-30(34)4-3-29(33)32(36)37/h2-28H2,1H3,(H,36,37). The number of Topliss-reactive ketones (excluding diaryl/α,β-unsaturated/α-hetero) is 1. The van der Waals surface area contributed by atoms with E-state index in [0.29, 0.717) is 145 Å². The highest BCUT2D eigenvalue weighted by Gasteiger charge is 2.14. The van der Waals surface area contributed by atoms with Gasteiger partial charge in [-0.05, 0) is 6.92 Å². The Morgan fingerprint density at radius 1 is 0.340 bits per heavy atom. The van der Waals surface area contributed by atoms with Crippen LogP contribution >= 0.6 is 0 Å². The van der Waals surface area contributed by atoms with Gasteiger partial charge in [0.1, 0.15) is 6.61 Å². The van der Waals surface area contributed by atoms with Crippen LogP contribution in [0.2, 0.25) is 0 Å². The maximum Gasteiger partial charge on any atom is 0.372 e. The Bertz CT molecular complexity index is 799. The fourth-order valence-electron chi connectivity index (χ4n) is 3.30. The van der Waals surface area contributed by atoms with Crippen LogP contribution in [0.5, 0.6) is 0 Å². The average molecular weight is 731 g/mol. The van der Waals surface area contributed by atoms with Crippen molar-refractivity contribution in [2.75, 3.05) is 159 Å². The van der Waals surface area contributed by atoms with Crippen LogP contribution in [0.1, 0.15) is 26.2 Å². The molecule has 0 radical (unpaired) electrons. The van der Waals surface area contributed by atoms with Gasteiger partial charge in [-0.25, -0.2) is 4.79 Å². The first-order chi connectivity index (χ1) is 24.5. The van der Waals surface area contributed by atoms with Crippen molar-refractivity contribution in [1.29, 1.82) is 0 Å². The summed E-state index contributed by atoms with van der Waals surface area (Å²) in [7, 11) is 0. The van der Waals surface area contributed by atoms with E-state index in [1.165, 1.54) is 0 Å². The Hall–Kier alpha value is -2.36. The van der Waals surface area contributed by atoms with Crippen LogP contribution in [0.3, 0.4) is 0 Å². The van der Waals surface area contributed by atoms with E-state index in [1.54, 1.807) is 6.92 Å². The Morgan fingerprint density at radius 3 is 0.880 bits per heavy atom. The lowest BCUT2D eigenvalue weighted by atomic mass is 10.2. The molecule has 0 aliphatic rings. The highest BCUT2D eigenvalue weighted by molar-refractivity contribution is 6.32. The third-order valence-corrected chi connectivity index (χ3v) is 5.76. The number of carboxylic acid groups (broad SMARTS) is 1. The lowest BCUT2D eigenvalue weighted by Crippen LogP contribution is -2.17. The zero-order valence-corrected chi connectivity index (χ0v) is 29.5. The zero-order valence-electron chi connectivity index (χ0n) is 29.5. The lowest BCUT2D eigenvalue weighted by Gasteiger charge is -2.09. The van der Waals surface area contributed by atoms with E-state index < -0.39 is 17.7 Å². The summed E-state index contributed by atoms with van der Waals surface area (Å²) >= 11 is 0. The molecule has 1 N–H and O–H groups in total. The van der Waals surface area contributed by atoms with Gasteiger partial charge in [0, 0.05) is 6.42 Å². The number of carbonyl (C=O) groups is 4. The molecule has 0 saturated heterocycles. The third kappa shape index (κ3) is 38.4. The summed E-state index contributed by atoms with van der Waals surface area (Å²) in [6.45, 7) is 11.4. The molecular formula is C32H58O18. The molecule has 0 atom stereocenters. The second-order valence-corrected chi connectivity index (χ2v) is 9.74. The number of aliphatic carboxylic acids is 1. The van der Waals surface area contributed by atoms with Crippen molar-refractivity contribution < 1.29 is 85.9 Å². The van der Waals surface area contributed by atoms with Gasteiger partial charge in [0.25, 0.3) is 0 Å².